The van der Waals surface area contributed by atoms with Crippen LogP contribution in [0.2, 0.25) is 0 Å². The van der Waals surface area contributed by atoms with Gasteiger partial charge in [0.1, 0.15) is 6.04 Å². The number of rotatable bonds is 11. The van der Waals surface area contributed by atoms with Crippen LogP contribution in [0, 0.1) is 0 Å². The highest BCUT2D eigenvalue weighted by atomic mass is 16.2. The summed E-state index contributed by atoms with van der Waals surface area (Å²) in [5.41, 5.74) is 14.4. The molecule has 0 aliphatic carbocycles. The van der Waals surface area contributed by atoms with Crippen LogP contribution in [0.5, 0.6) is 0 Å². The predicted octanol–water partition coefficient (Wildman–Crippen LogP) is 4.39. The van der Waals surface area contributed by atoms with Crippen LogP contribution in [0.15, 0.2) is 91.0 Å². The Morgan fingerprint density at radius 2 is 1.24 bits per heavy atom. The SMILES string of the molecule is CC[C@H](c1ccccc1)N(C(=O)C(c1ccccc1)c1ccccc1)[C@H](CCCN)C(N)=O. The zero-order valence-corrected chi connectivity index (χ0v) is 19.1. The number of nitrogens with two attached hydrogens (primary N) is 2. The Bertz CT molecular complexity index is 970. The first-order chi connectivity index (χ1) is 16.1. The molecule has 0 saturated carbocycles. The lowest BCUT2D eigenvalue weighted by atomic mass is 9.87. The third-order valence-electron chi connectivity index (χ3n) is 6.02. The second-order valence-electron chi connectivity index (χ2n) is 8.18. The third-order valence-corrected chi connectivity index (χ3v) is 6.02. The van der Waals surface area contributed by atoms with Gasteiger partial charge in [0.25, 0.3) is 0 Å². The molecular formula is C28H33N3O2. The van der Waals surface area contributed by atoms with E-state index in [1.165, 1.54) is 0 Å². The molecule has 2 atom stereocenters. The van der Waals surface area contributed by atoms with Gasteiger partial charge < -0.3 is 16.4 Å². The van der Waals surface area contributed by atoms with Crippen LogP contribution in [-0.2, 0) is 9.59 Å². The maximum absolute atomic E-state index is 14.4. The number of primary amides is 1. The molecule has 3 rings (SSSR count). The molecule has 3 aromatic rings. The first kappa shape index (κ1) is 24.2. The Balaban J connectivity index is 2.15. The molecule has 4 N–H and O–H groups in total. The van der Waals surface area contributed by atoms with Crippen molar-refractivity contribution in [2.75, 3.05) is 6.54 Å². The van der Waals surface area contributed by atoms with Gasteiger partial charge in [0, 0.05) is 0 Å². The Hall–Kier alpha value is -3.44. The molecule has 0 bridgehead atoms. The van der Waals surface area contributed by atoms with E-state index in [0.717, 1.165) is 16.7 Å². The van der Waals surface area contributed by atoms with Gasteiger partial charge in [-0.1, -0.05) is 97.9 Å². The van der Waals surface area contributed by atoms with Crippen molar-refractivity contribution < 1.29 is 9.59 Å². The van der Waals surface area contributed by atoms with E-state index in [9.17, 15) is 9.59 Å². The lowest BCUT2D eigenvalue weighted by molar-refractivity contribution is -0.143. The van der Waals surface area contributed by atoms with Gasteiger partial charge in [-0.3, -0.25) is 9.59 Å². The van der Waals surface area contributed by atoms with Gasteiger partial charge in [-0.2, -0.15) is 0 Å². The van der Waals surface area contributed by atoms with Gasteiger partial charge in [0.2, 0.25) is 11.8 Å². The van der Waals surface area contributed by atoms with E-state index in [0.29, 0.717) is 25.8 Å². The van der Waals surface area contributed by atoms with E-state index < -0.39 is 17.9 Å². The van der Waals surface area contributed by atoms with E-state index in [4.69, 9.17) is 11.5 Å². The van der Waals surface area contributed by atoms with Crippen LogP contribution in [0.4, 0.5) is 0 Å². The van der Waals surface area contributed by atoms with Crippen LogP contribution in [-0.4, -0.2) is 29.3 Å². The van der Waals surface area contributed by atoms with Crippen LogP contribution in [0.3, 0.4) is 0 Å². The molecular weight excluding hydrogens is 410 g/mol. The molecule has 0 spiro atoms. The minimum atomic E-state index is -0.749. The molecule has 172 valence electrons. The number of hydrogen-bond donors (Lipinski definition) is 2. The molecule has 0 aromatic heterocycles. The summed E-state index contributed by atoms with van der Waals surface area (Å²) < 4.78 is 0. The van der Waals surface area contributed by atoms with Crippen LogP contribution < -0.4 is 11.5 Å². The van der Waals surface area contributed by atoms with Crippen LogP contribution >= 0.6 is 0 Å². The third kappa shape index (κ3) is 5.88. The zero-order valence-electron chi connectivity index (χ0n) is 19.1. The average Bonchev–Trinajstić information content (AvgIpc) is 2.85. The van der Waals surface area contributed by atoms with Gasteiger partial charge in [-0.25, -0.2) is 0 Å². The molecule has 0 heterocycles. The summed E-state index contributed by atoms with van der Waals surface area (Å²) in [4.78, 5) is 28.8. The van der Waals surface area contributed by atoms with Gasteiger partial charge in [-0.05, 0) is 42.5 Å². The fraction of sp³-hybridized carbons (Fsp3) is 0.286. The number of carbonyl (C=O) groups is 2. The molecule has 2 amide bonds. The molecule has 0 radical (unpaired) electrons. The minimum Gasteiger partial charge on any atom is -0.368 e. The summed E-state index contributed by atoms with van der Waals surface area (Å²) in [6.45, 7) is 2.45. The van der Waals surface area contributed by atoms with Crippen molar-refractivity contribution in [1.29, 1.82) is 0 Å². The van der Waals surface area contributed by atoms with Gasteiger partial charge in [-0.15, -0.1) is 0 Å². The fourth-order valence-corrected chi connectivity index (χ4v) is 4.44. The molecule has 33 heavy (non-hydrogen) atoms. The molecule has 3 aromatic carbocycles. The second kappa shape index (κ2) is 12.0. The number of hydrogen-bond acceptors (Lipinski definition) is 3. The summed E-state index contributed by atoms with van der Waals surface area (Å²) in [5, 5.41) is 0. The first-order valence-corrected chi connectivity index (χ1v) is 11.5. The smallest absolute Gasteiger partial charge is 0.240 e. The van der Waals surface area contributed by atoms with Crippen molar-refractivity contribution in [3.05, 3.63) is 108 Å². The number of amides is 2. The van der Waals surface area contributed by atoms with Crippen molar-refractivity contribution in [1.82, 2.24) is 4.90 Å². The largest absolute Gasteiger partial charge is 0.368 e. The Kier molecular flexibility index (Phi) is 8.79. The standard InChI is InChI=1S/C28H33N3O2/c1-2-24(21-13-6-3-7-14-21)31(25(27(30)32)19-12-20-29)28(33)26(22-15-8-4-9-16-22)23-17-10-5-11-18-23/h3-11,13-18,24-26H,2,12,19-20,29H2,1H3,(H2,30,32)/t24-,25-/m1/s1. The van der Waals surface area contributed by atoms with Crippen LogP contribution in [0.25, 0.3) is 0 Å². The fourth-order valence-electron chi connectivity index (χ4n) is 4.44. The molecule has 0 saturated heterocycles. The quantitative estimate of drug-likeness (QED) is 0.460. The van der Waals surface area contributed by atoms with Gasteiger partial charge in [0.05, 0.1) is 12.0 Å². The average molecular weight is 444 g/mol. The van der Waals surface area contributed by atoms with Crippen molar-refractivity contribution in [2.45, 2.75) is 44.2 Å². The van der Waals surface area contributed by atoms with E-state index in [1.54, 1.807) is 4.90 Å². The summed E-state index contributed by atoms with van der Waals surface area (Å²) in [6, 6.07) is 28.2. The monoisotopic (exact) mass is 443 g/mol. The van der Waals surface area contributed by atoms with E-state index in [-0.39, 0.29) is 11.9 Å². The van der Waals surface area contributed by atoms with Crippen molar-refractivity contribution in [3.8, 4) is 0 Å². The maximum Gasteiger partial charge on any atom is 0.240 e. The predicted molar refractivity (Wildman–Crippen MR) is 132 cm³/mol. The Labute approximate surface area is 196 Å². The number of carbonyl (C=O) groups excluding carboxylic acids is 2. The van der Waals surface area contributed by atoms with Crippen LogP contribution in [0.1, 0.15) is 54.8 Å². The molecule has 0 unspecified atom stereocenters. The van der Waals surface area contributed by atoms with E-state index in [1.807, 2.05) is 97.9 Å². The maximum atomic E-state index is 14.4. The van der Waals surface area contributed by atoms with Gasteiger partial charge in [0.15, 0.2) is 0 Å². The molecule has 0 aliphatic heterocycles. The highest BCUT2D eigenvalue weighted by molar-refractivity contribution is 5.92. The molecule has 0 aliphatic rings. The Morgan fingerprint density at radius 3 is 1.64 bits per heavy atom. The van der Waals surface area contributed by atoms with Crippen molar-refractivity contribution in [3.63, 3.8) is 0 Å². The highest BCUT2D eigenvalue weighted by Crippen LogP contribution is 2.34. The van der Waals surface area contributed by atoms with Gasteiger partial charge >= 0.3 is 0 Å². The summed E-state index contributed by atoms with van der Waals surface area (Å²) >= 11 is 0. The second-order valence-corrected chi connectivity index (χ2v) is 8.18. The summed E-state index contributed by atoms with van der Waals surface area (Å²) in [7, 11) is 0. The Morgan fingerprint density at radius 1 is 0.788 bits per heavy atom. The molecule has 0 fully saturated rings. The number of benzene rings is 3. The lowest BCUT2D eigenvalue weighted by Crippen LogP contribution is -2.51. The molecule has 5 heteroatoms. The topological polar surface area (TPSA) is 89.4 Å². The summed E-state index contributed by atoms with van der Waals surface area (Å²) in [5.74, 6) is -1.19. The number of nitrogens with zero attached hydrogens (tertiary/aromatic N) is 1. The van der Waals surface area contributed by atoms with Crippen molar-refractivity contribution in [2.24, 2.45) is 11.5 Å². The summed E-state index contributed by atoms with van der Waals surface area (Å²) in [6.07, 6.45) is 1.68. The highest BCUT2D eigenvalue weighted by Gasteiger charge is 2.38. The lowest BCUT2D eigenvalue weighted by Gasteiger charge is -2.39. The van der Waals surface area contributed by atoms with E-state index in [2.05, 4.69) is 0 Å². The normalized spacial score (nSPS) is 12.8. The zero-order chi connectivity index (χ0) is 23.6. The molecule has 5 nitrogen and oxygen atoms in total. The minimum absolute atomic E-state index is 0.135. The first-order valence-electron chi connectivity index (χ1n) is 11.5. The van der Waals surface area contributed by atoms with Crippen molar-refractivity contribution >= 4 is 11.8 Å². The van der Waals surface area contributed by atoms with E-state index >= 15 is 0 Å².